The monoisotopic (exact) mass is 406 g/mol. The summed E-state index contributed by atoms with van der Waals surface area (Å²) in [6.07, 6.45) is 8.80. The topological polar surface area (TPSA) is 23.0 Å². The molecule has 0 saturated carbocycles. The van der Waals surface area contributed by atoms with Crippen LogP contribution in [0.25, 0.3) is 44.7 Å². The normalized spacial score (nSPS) is 14.1. The van der Waals surface area contributed by atoms with Gasteiger partial charge in [-0.2, -0.15) is 0 Å². The molecule has 0 N–H and O–H groups in total. The summed E-state index contributed by atoms with van der Waals surface area (Å²) in [6.45, 7) is 0. The van der Waals surface area contributed by atoms with Crippen LogP contribution >= 0.6 is 0 Å². The van der Waals surface area contributed by atoms with Gasteiger partial charge in [-0.25, -0.2) is 0 Å². The van der Waals surface area contributed by atoms with Crippen LogP contribution in [-0.4, -0.2) is 9.13 Å². The first-order chi connectivity index (χ1) is 15.2. The molecule has 0 unspecified atom stereocenters. The first kappa shape index (κ1) is 18.3. The highest BCUT2D eigenvalue weighted by molar-refractivity contribution is 5.93. The van der Waals surface area contributed by atoms with Crippen molar-refractivity contribution in [3.63, 3.8) is 0 Å². The van der Waals surface area contributed by atoms with E-state index in [4.69, 9.17) is 4.42 Å². The maximum absolute atomic E-state index is 6.61. The highest BCUT2D eigenvalue weighted by Crippen LogP contribution is 2.40. The molecule has 0 saturated heterocycles. The second-order valence-electron chi connectivity index (χ2n) is 8.52. The van der Waals surface area contributed by atoms with Gasteiger partial charge in [0, 0.05) is 35.9 Å². The molecule has 1 aliphatic heterocycles. The Balaban J connectivity index is 1.64. The van der Waals surface area contributed by atoms with Crippen molar-refractivity contribution in [1.29, 1.82) is 0 Å². The summed E-state index contributed by atoms with van der Waals surface area (Å²) in [4.78, 5) is 0. The molecule has 31 heavy (non-hydrogen) atoms. The molecule has 3 heteroatoms. The molecule has 6 rings (SSSR count). The Morgan fingerprint density at radius 3 is 1.55 bits per heavy atom. The zero-order valence-electron chi connectivity index (χ0n) is 18.1. The van der Waals surface area contributed by atoms with E-state index in [1.165, 1.54) is 44.3 Å². The highest BCUT2D eigenvalue weighted by atomic mass is 16.3. The number of aryl methyl sites for hydroxylation is 4. The molecular weight excluding hydrogens is 380 g/mol. The summed E-state index contributed by atoms with van der Waals surface area (Å²) in [5.41, 5.74) is 7.65. The van der Waals surface area contributed by atoms with Crippen LogP contribution in [0.4, 0.5) is 0 Å². The number of hydrogen-bond donors (Lipinski definition) is 0. The Bertz CT molecular complexity index is 1350. The predicted octanol–water partition coefficient (Wildman–Crippen LogP) is 7.03. The minimum atomic E-state index is 0.947. The number of nitrogens with zero attached hydrogens (tertiary/aromatic N) is 2. The lowest BCUT2D eigenvalue weighted by atomic mass is 10.0. The van der Waals surface area contributed by atoms with Crippen LogP contribution in [0.3, 0.4) is 0 Å². The Labute approximate surface area is 182 Å². The molecule has 2 aromatic carbocycles. The van der Waals surface area contributed by atoms with E-state index >= 15 is 0 Å². The molecule has 3 aromatic heterocycles. The summed E-state index contributed by atoms with van der Waals surface area (Å²) < 4.78 is 11.2. The number of para-hydroxylation sites is 2. The van der Waals surface area contributed by atoms with E-state index in [1.54, 1.807) is 0 Å². The van der Waals surface area contributed by atoms with Crippen molar-refractivity contribution in [2.75, 3.05) is 0 Å². The average molecular weight is 407 g/mol. The lowest BCUT2D eigenvalue weighted by Crippen LogP contribution is -1.94. The van der Waals surface area contributed by atoms with Gasteiger partial charge in [-0.05, 0) is 61.1 Å². The van der Waals surface area contributed by atoms with Gasteiger partial charge >= 0.3 is 0 Å². The Morgan fingerprint density at radius 1 is 0.613 bits per heavy atom. The molecule has 0 spiro atoms. The summed E-state index contributed by atoms with van der Waals surface area (Å²) >= 11 is 0. The molecular formula is C28H26N2O. The molecule has 1 aliphatic rings. The van der Waals surface area contributed by atoms with E-state index < -0.39 is 0 Å². The largest absolute Gasteiger partial charge is 0.453 e. The number of hydrogen-bond acceptors (Lipinski definition) is 1. The Kier molecular flexibility index (Phi) is 4.17. The van der Waals surface area contributed by atoms with Gasteiger partial charge in [0.15, 0.2) is 11.5 Å². The number of allylic oxidation sites excluding steroid dienone is 2. The van der Waals surface area contributed by atoms with E-state index in [-0.39, 0.29) is 0 Å². The number of fused-ring (bicyclic) bond motifs is 10. The minimum Gasteiger partial charge on any atom is -0.453 e. The van der Waals surface area contributed by atoms with Gasteiger partial charge in [0.1, 0.15) is 0 Å². The fraction of sp³-hybridized carbons (Fsp3) is 0.214. The molecule has 0 atom stereocenters. The molecule has 3 nitrogen and oxygen atoms in total. The van der Waals surface area contributed by atoms with Gasteiger partial charge in [-0.15, -0.1) is 0 Å². The van der Waals surface area contributed by atoms with E-state index in [2.05, 4.69) is 96.0 Å². The smallest absolute Gasteiger partial charge is 0.151 e. The lowest BCUT2D eigenvalue weighted by Gasteiger charge is -2.06. The van der Waals surface area contributed by atoms with Gasteiger partial charge in [-0.1, -0.05) is 48.6 Å². The van der Waals surface area contributed by atoms with E-state index in [9.17, 15) is 0 Å². The molecule has 0 radical (unpaired) electrons. The molecule has 5 aromatic rings. The second-order valence-corrected chi connectivity index (χ2v) is 8.52. The molecule has 154 valence electrons. The standard InChI is InChI=1S/C28H26N2O/c1-29-23-15-9-7-11-19(23)21-13-5-3-4-6-14-22-20-12-8-10-16-24(20)30(2)28(22)26-18-17-25(31-26)27(21)29/h3-4,7-12,15-18H,5-6,13-14H2,1-2H3. The number of rotatable bonds is 0. The van der Waals surface area contributed by atoms with Crippen LogP contribution in [0.5, 0.6) is 0 Å². The SMILES string of the molecule is Cn1c2c(c3ccccc31)CCC=CCCc1c(n(C)c3ccccc13)-c1ccc-2o1. The summed E-state index contributed by atoms with van der Waals surface area (Å²) in [5, 5.41) is 2.65. The zero-order chi connectivity index (χ0) is 20.9. The number of benzene rings is 2. The molecule has 4 heterocycles. The van der Waals surface area contributed by atoms with Crippen molar-refractivity contribution in [3.05, 3.63) is 83.9 Å². The summed E-state index contributed by atoms with van der Waals surface area (Å²) in [6, 6.07) is 21.7. The third kappa shape index (κ3) is 2.73. The third-order valence-electron chi connectivity index (χ3n) is 6.79. The third-order valence-corrected chi connectivity index (χ3v) is 6.79. The maximum atomic E-state index is 6.61. The fourth-order valence-electron chi connectivity index (χ4n) is 5.36. The fourth-order valence-corrected chi connectivity index (χ4v) is 5.36. The van der Waals surface area contributed by atoms with Gasteiger partial charge in [0.2, 0.25) is 0 Å². The average Bonchev–Trinajstić information content (AvgIpc) is 3.45. The summed E-state index contributed by atoms with van der Waals surface area (Å²) in [7, 11) is 4.30. The van der Waals surface area contributed by atoms with Crippen molar-refractivity contribution in [2.24, 2.45) is 14.1 Å². The predicted molar refractivity (Wildman–Crippen MR) is 128 cm³/mol. The van der Waals surface area contributed by atoms with Crippen molar-refractivity contribution >= 4 is 21.8 Å². The molecule has 0 amide bonds. The van der Waals surface area contributed by atoms with Crippen LogP contribution in [0.1, 0.15) is 24.0 Å². The summed E-state index contributed by atoms with van der Waals surface area (Å²) in [5.74, 6) is 1.89. The van der Waals surface area contributed by atoms with E-state index in [1.807, 2.05) is 0 Å². The minimum absolute atomic E-state index is 0.947. The Hall–Kier alpha value is -3.46. The van der Waals surface area contributed by atoms with E-state index in [0.29, 0.717) is 0 Å². The van der Waals surface area contributed by atoms with Gasteiger partial charge < -0.3 is 13.6 Å². The van der Waals surface area contributed by atoms with Crippen molar-refractivity contribution in [3.8, 4) is 22.9 Å². The lowest BCUT2D eigenvalue weighted by molar-refractivity contribution is 0.585. The van der Waals surface area contributed by atoms with Crippen molar-refractivity contribution in [1.82, 2.24) is 9.13 Å². The van der Waals surface area contributed by atoms with Gasteiger partial charge in [0.05, 0.1) is 11.4 Å². The Morgan fingerprint density at radius 2 is 1.06 bits per heavy atom. The van der Waals surface area contributed by atoms with Crippen LogP contribution < -0.4 is 0 Å². The molecule has 2 bridgehead atoms. The molecule has 0 fully saturated rings. The first-order valence-electron chi connectivity index (χ1n) is 11.1. The maximum Gasteiger partial charge on any atom is 0.151 e. The van der Waals surface area contributed by atoms with Gasteiger partial charge in [-0.3, -0.25) is 0 Å². The van der Waals surface area contributed by atoms with Gasteiger partial charge in [0.25, 0.3) is 0 Å². The number of furan rings is 1. The quantitative estimate of drug-likeness (QED) is 0.253. The van der Waals surface area contributed by atoms with E-state index in [0.717, 1.165) is 37.2 Å². The molecule has 0 aliphatic carbocycles. The van der Waals surface area contributed by atoms with Crippen LogP contribution in [0.2, 0.25) is 0 Å². The van der Waals surface area contributed by atoms with Crippen molar-refractivity contribution < 1.29 is 4.42 Å². The van der Waals surface area contributed by atoms with Crippen molar-refractivity contribution in [2.45, 2.75) is 25.7 Å². The highest BCUT2D eigenvalue weighted by Gasteiger charge is 2.22. The van der Waals surface area contributed by atoms with Crippen LogP contribution in [-0.2, 0) is 26.9 Å². The van der Waals surface area contributed by atoms with Crippen LogP contribution in [0, 0.1) is 0 Å². The zero-order valence-corrected chi connectivity index (χ0v) is 18.1. The second kappa shape index (κ2) is 7.05. The number of aromatic nitrogens is 2. The van der Waals surface area contributed by atoms with Crippen LogP contribution in [0.15, 0.2) is 77.2 Å². The first-order valence-corrected chi connectivity index (χ1v) is 11.1.